The highest BCUT2D eigenvalue weighted by atomic mass is 16.5. The summed E-state index contributed by atoms with van der Waals surface area (Å²) >= 11 is 0. The van der Waals surface area contributed by atoms with Crippen LogP contribution in [0, 0.1) is 5.41 Å². The van der Waals surface area contributed by atoms with E-state index < -0.39 is 5.41 Å². The van der Waals surface area contributed by atoms with Crippen molar-refractivity contribution in [3.63, 3.8) is 0 Å². The summed E-state index contributed by atoms with van der Waals surface area (Å²) in [6.45, 7) is 8.55. The number of nitrogens with zero attached hydrogens (tertiary/aromatic N) is 1. The lowest BCUT2D eigenvalue weighted by Gasteiger charge is -2.18. The lowest BCUT2D eigenvalue weighted by molar-refractivity contribution is -0.123. The maximum Gasteiger partial charge on any atom is 0.230 e. The number of amides is 1. The fraction of sp³-hybridized carbons (Fsp3) is 0.429. The van der Waals surface area contributed by atoms with Crippen LogP contribution in [0.15, 0.2) is 30.3 Å². The largest absolute Gasteiger partial charge is 0.493 e. The minimum atomic E-state index is -0.502. The van der Waals surface area contributed by atoms with Crippen LogP contribution in [0.3, 0.4) is 0 Å². The van der Waals surface area contributed by atoms with Crippen molar-refractivity contribution in [1.82, 2.24) is 4.98 Å². The molecule has 0 atom stereocenters. The SMILES string of the molecule is CCCNc1cc(NC(=O)C(C)(C)C)nc(-c2ccc(OC)c(OC)c2)c1. The summed E-state index contributed by atoms with van der Waals surface area (Å²) in [5.74, 6) is 1.72. The van der Waals surface area contributed by atoms with Gasteiger partial charge < -0.3 is 20.1 Å². The van der Waals surface area contributed by atoms with Crippen molar-refractivity contribution in [2.75, 3.05) is 31.4 Å². The highest BCUT2D eigenvalue weighted by Crippen LogP contribution is 2.33. The number of carbonyl (C=O) groups is 1. The molecule has 2 aromatic rings. The Labute approximate surface area is 161 Å². The highest BCUT2D eigenvalue weighted by Gasteiger charge is 2.22. The molecule has 1 heterocycles. The van der Waals surface area contributed by atoms with E-state index in [4.69, 9.17) is 9.47 Å². The van der Waals surface area contributed by atoms with Gasteiger partial charge in [-0.2, -0.15) is 0 Å². The molecule has 1 aromatic heterocycles. The van der Waals surface area contributed by atoms with Gasteiger partial charge >= 0.3 is 0 Å². The molecule has 0 saturated carbocycles. The maximum atomic E-state index is 12.4. The van der Waals surface area contributed by atoms with Gasteiger partial charge in [0.05, 0.1) is 19.9 Å². The Bertz CT molecular complexity index is 798. The van der Waals surface area contributed by atoms with E-state index in [9.17, 15) is 4.79 Å². The van der Waals surface area contributed by atoms with Crippen LogP contribution in [-0.4, -0.2) is 31.7 Å². The number of rotatable bonds is 7. The first-order valence-electron chi connectivity index (χ1n) is 9.08. The average Bonchev–Trinajstić information content (AvgIpc) is 2.64. The van der Waals surface area contributed by atoms with E-state index in [2.05, 4.69) is 22.5 Å². The van der Waals surface area contributed by atoms with Gasteiger partial charge in [-0.15, -0.1) is 0 Å². The summed E-state index contributed by atoms with van der Waals surface area (Å²) in [6.07, 6.45) is 0.998. The van der Waals surface area contributed by atoms with E-state index in [1.807, 2.05) is 51.1 Å². The summed E-state index contributed by atoms with van der Waals surface area (Å²) in [6, 6.07) is 9.45. The molecular formula is C21H29N3O3. The number of pyridine rings is 1. The quantitative estimate of drug-likeness (QED) is 0.746. The normalized spacial score (nSPS) is 11.0. The number of methoxy groups -OCH3 is 2. The first kappa shape index (κ1) is 20.6. The Hall–Kier alpha value is -2.76. The van der Waals surface area contributed by atoms with Crippen LogP contribution in [0.25, 0.3) is 11.3 Å². The van der Waals surface area contributed by atoms with Crippen molar-refractivity contribution in [3.8, 4) is 22.8 Å². The number of nitrogens with one attached hydrogen (secondary N) is 2. The zero-order valence-electron chi connectivity index (χ0n) is 17.0. The Kier molecular flexibility index (Phi) is 6.66. The van der Waals surface area contributed by atoms with Crippen LogP contribution in [0.4, 0.5) is 11.5 Å². The second-order valence-electron chi connectivity index (χ2n) is 7.33. The molecule has 0 radical (unpaired) electrons. The summed E-state index contributed by atoms with van der Waals surface area (Å²) in [7, 11) is 3.20. The van der Waals surface area contributed by atoms with Gasteiger partial charge in [-0.05, 0) is 30.7 Å². The zero-order valence-corrected chi connectivity index (χ0v) is 17.0. The molecular weight excluding hydrogens is 342 g/mol. The number of ether oxygens (including phenoxy) is 2. The molecule has 0 bridgehead atoms. The van der Waals surface area contributed by atoms with E-state index in [1.54, 1.807) is 14.2 Å². The molecule has 0 saturated heterocycles. The monoisotopic (exact) mass is 371 g/mol. The third-order valence-electron chi connectivity index (χ3n) is 4.01. The molecule has 0 aliphatic heterocycles. The number of aromatic nitrogens is 1. The molecule has 27 heavy (non-hydrogen) atoms. The van der Waals surface area contributed by atoms with Crippen LogP contribution in [0.2, 0.25) is 0 Å². The summed E-state index contributed by atoms with van der Waals surface area (Å²) < 4.78 is 10.7. The van der Waals surface area contributed by atoms with Gasteiger partial charge in [0, 0.05) is 29.3 Å². The Balaban J connectivity index is 2.45. The molecule has 6 heteroatoms. The van der Waals surface area contributed by atoms with E-state index >= 15 is 0 Å². The van der Waals surface area contributed by atoms with Gasteiger partial charge in [-0.1, -0.05) is 27.7 Å². The second kappa shape index (κ2) is 8.75. The van der Waals surface area contributed by atoms with Gasteiger partial charge in [0.25, 0.3) is 0 Å². The third-order valence-corrected chi connectivity index (χ3v) is 4.01. The van der Waals surface area contributed by atoms with Crippen LogP contribution >= 0.6 is 0 Å². The van der Waals surface area contributed by atoms with E-state index in [-0.39, 0.29) is 5.91 Å². The molecule has 2 N–H and O–H groups in total. The van der Waals surface area contributed by atoms with Gasteiger partial charge in [0.15, 0.2) is 11.5 Å². The van der Waals surface area contributed by atoms with E-state index in [1.165, 1.54) is 0 Å². The molecule has 6 nitrogen and oxygen atoms in total. The van der Waals surface area contributed by atoms with Crippen molar-refractivity contribution in [2.24, 2.45) is 5.41 Å². The predicted octanol–water partition coefficient (Wildman–Crippen LogP) is 4.57. The van der Waals surface area contributed by atoms with Crippen LogP contribution in [0.1, 0.15) is 34.1 Å². The smallest absolute Gasteiger partial charge is 0.230 e. The standard InChI is InChI=1S/C21H29N3O3/c1-7-10-22-15-12-16(14-8-9-17(26-5)18(11-14)27-6)23-19(13-15)24-20(25)21(2,3)4/h8-9,11-13H,7,10H2,1-6H3,(H2,22,23,24,25). The lowest BCUT2D eigenvalue weighted by atomic mass is 9.96. The number of hydrogen-bond acceptors (Lipinski definition) is 5. The van der Waals surface area contributed by atoms with Crippen molar-refractivity contribution in [3.05, 3.63) is 30.3 Å². The topological polar surface area (TPSA) is 72.5 Å². The van der Waals surface area contributed by atoms with E-state index in [0.29, 0.717) is 17.3 Å². The van der Waals surface area contributed by atoms with Gasteiger partial charge in [0.1, 0.15) is 5.82 Å². The number of anilines is 2. The number of benzene rings is 1. The lowest BCUT2D eigenvalue weighted by Crippen LogP contribution is -2.28. The molecule has 0 aliphatic carbocycles. The number of carbonyl (C=O) groups excluding carboxylic acids is 1. The molecule has 146 valence electrons. The fourth-order valence-electron chi connectivity index (χ4n) is 2.41. The van der Waals surface area contributed by atoms with Crippen molar-refractivity contribution in [2.45, 2.75) is 34.1 Å². The molecule has 0 spiro atoms. The minimum Gasteiger partial charge on any atom is -0.493 e. The fourth-order valence-corrected chi connectivity index (χ4v) is 2.41. The summed E-state index contributed by atoms with van der Waals surface area (Å²) in [4.78, 5) is 17.0. The molecule has 0 fully saturated rings. The zero-order chi connectivity index (χ0) is 20.0. The van der Waals surface area contributed by atoms with Crippen LogP contribution in [-0.2, 0) is 4.79 Å². The molecule has 0 aliphatic rings. The first-order valence-corrected chi connectivity index (χ1v) is 9.08. The molecule has 0 unspecified atom stereocenters. The van der Waals surface area contributed by atoms with Crippen molar-refractivity contribution < 1.29 is 14.3 Å². The van der Waals surface area contributed by atoms with Gasteiger partial charge in [0.2, 0.25) is 5.91 Å². The van der Waals surface area contributed by atoms with Gasteiger partial charge in [-0.25, -0.2) is 4.98 Å². The summed E-state index contributed by atoms with van der Waals surface area (Å²) in [5, 5.41) is 6.27. The van der Waals surface area contributed by atoms with Crippen molar-refractivity contribution in [1.29, 1.82) is 0 Å². The Morgan fingerprint density at radius 3 is 2.37 bits per heavy atom. The Morgan fingerprint density at radius 1 is 1.07 bits per heavy atom. The molecule has 1 aromatic carbocycles. The van der Waals surface area contributed by atoms with Gasteiger partial charge in [-0.3, -0.25) is 4.79 Å². The maximum absolute atomic E-state index is 12.4. The van der Waals surface area contributed by atoms with Crippen LogP contribution < -0.4 is 20.1 Å². The minimum absolute atomic E-state index is 0.0825. The first-order chi connectivity index (χ1) is 12.8. The Morgan fingerprint density at radius 2 is 1.78 bits per heavy atom. The second-order valence-corrected chi connectivity index (χ2v) is 7.33. The highest BCUT2D eigenvalue weighted by molar-refractivity contribution is 5.94. The van der Waals surface area contributed by atoms with Crippen LogP contribution in [0.5, 0.6) is 11.5 Å². The third kappa shape index (κ3) is 5.36. The number of hydrogen-bond donors (Lipinski definition) is 2. The molecule has 1 amide bonds. The van der Waals surface area contributed by atoms with E-state index in [0.717, 1.165) is 29.9 Å². The average molecular weight is 371 g/mol. The molecule has 2 rings (SSSR count). The summed E-state index contributed by atoms with van der Waals surface area (Å²) in [5.41, 5.74) is 2.01. The van der Waals surface area contributed by atoms with Crippen molar-refractivity contribution >= 4 is 17.4 Å². The predicted molar refractivity (Wildman–Crippen MR) is 110 cm³/mol.